The van der Waals surface area contributed by atoms with Crippen molar-refractivity contribution < 1.29 is 0 Å². The molecule has 1 aromatic carbocycles. The van der Waals surface area contributed by atoms with Crippen molar-refractivity contribution in [1.29, 1.82) is 0 Å². The van der Waals surface area contributed by atoms with Gasteiger partial charge in [0.25, 0.3) is 0 Å². The van der Waals surface area contributed by atoms with Crippen molar-refractivity contribution in [3.63, 3.8) is 0 Å². The highest BCUT2D eigenvalue weighted by Gasteiger charge is 2.11. The van der Waals surface area contributed by atoms with Crippen molar-refractivity contribution in [3.05, 3.63) is 35.4 Å². The van der Waals surface area contributed by atoms with Gasteiger partial charge in [0.15, 0.2) is 0 Å². The topological polar surface area (TPSA) is 24.1 Å². The van der Waals surface area contributed by atoms with Gasteiger partial charge in [-0.3, -0.25) is 0 Å². The molecular formula is C17H28N2. The average molecular weight is 260 g/mol. The third-order valence-corrected chi connectivity index (χ3v) is 4.04. The predicted octanol–water partition coefficient (Wildman–Crippen LogP) is 2.77. The lowest BCUT2D eigenvalue weighted by molar-refractivity contribution is 0.358. The molecule has 0 atom stereocenters. The zero-order chi connectivity index (χ0) is 13.3. The predicted molar refractivity (Wildman–Crippen MR) is 82.6 cm³/mol. The highest BCUT2D eigenvalue weighted by atomic mass is 14.9. The minimum absolute atomic E-state index is 0.883. The Labute approximate surface area is 118 Å². The molecule has 0 aromatic heterocycles. The number of hydrogen-bond acceptors (Lipinski definition) is 2. The van der Waals surface area contributed by atoms with Crippen molar-refractivity contribution in [2.75, 3.05) is 26.2 Å². The summed E-state index contributed by atoms with van der Waals surface area (Å²) in [6.45, 7) is 6.93. The van der Waals surface area contributed by atoms with Crippen LogP contribution in [0.15, 0.2) is 24.3 Å². The molecule has 0 spiro atoms. The fraction of sp³-hybridized carbons (Fsp3) is 0.647. The lowest BCUT2D eigenvalue weighted by Crippen LogP contribution is -2.34. The van der Waals surface area contributed by atoms with Gasteiger partial charge in [-0.15, -0.1) is 0 Å². The van der Waals surface area contributed by atoms with Gasteiger partial charge in [0.1, 0.15) is 0 Å². The van der Waals surface area contributed by atoms with Crippen molar-refractivity contribution in [2.45, 2.75) is 39.0 Å². The summed E-state index contributed by atoms with van der Waals surface area (Å²) in [6.07, 6.45) is 6.25. The molecule has 0 saturated carbocycles. The lowest BCUT2D eigenvalue weighted by Gasteiger charge is -2.22. The maximum atomic E-state index is 3.62. The Morgan fingerprint density at radius 1 is 1.05 bits per heavy atom. The number of benzene rings is 1. The molecule has 106 valence electrons. The number of piperidine rings is 1. The minimum Gasteiger partial charge on any atom is -0.317 e. The van der Waals surface area contributed by atoms with E-state index in [-0.39, 0.29) is 0 Å². The minimum atomic E-state index is 0.883. The fourth-order valence-electron chi connectivity index (χ4n) is 2.79. The molecule has 1 aliphatic rings. The van der Waals surface area contributed by atoms with Crippen molar-refractivity contribution in [1.82, 2.24) is 10.6 Å². The van der Waals surface area contributed by atoms with Crippen LogP contribution in [0.2, 0.25) is 0 Å². The maximum absolute atomic E-state index is 3.62. The Balaban J connectivity index is 1.62. The molecule has 1 fully saturated rings. The van der Waals surface area contributed by atoms with Crippen molar-refractivity contribution >= 4 is 0 Å². The van der Waals surface area contributed by atoms with E-state index < -0.39 is 0 Å². The van der Waals surface area contributed by atoms with Gasteiger partial charge in [0, 0.05) is 0 Å². The summed E-state index contributed by atoms with van der Waals surface area (Å²) >= 11 is 0. The molecule has 1 heterocycles. The fourth-order valence-corrected chi connectivity index (χ4v) is 2.79. The zero-order valence-electron chi connectivity index (χ0n) is 12.3. The van der Waals surface area contributed by atoms with Crippen LogP contribution < -0.4 is 10.6 Å². The van der Waals surface area contributed by atoms with Gasteiger partial charge in [0.05, 0.1) is 0 Å². The molecule has 1 aromatic rings. The molecule has 2 rings (SSSR count). The van der Waals surface area contributed by atoms with E-state index in [1.165, 1.54) is 56.4 Å². The van der Waals surface area contributed by atoms with Gasteiger partial charge in [-0.2, -0.15) is 0 Å². The molecule has 0 radical (unpaired) electrons. The molecule has 2 N–H and O–H groups in total. The first-order valence-electron chi connectivity index (χ1n) is 7.87. The van der Waals surface area contributed by atoms with Crippen LogP contribution in [0.4, 0.5) is 0 Å². The van der Waals surface area contributed by atoms with Crippen LogP contribution in [0.5, 0.6) is 0 Å². The van der Waals surface area contributed by atoms with Gasteiger partial charge >= 0.3 is 0 Å². The van der Waals surface area contributed by atoms with E-state index in [0.29, 0.717) is 0 Å². The second kappa shape index (κ2) is 8.34. The van der Waals surface area contributed by atoms with E-state index in [4.69, 9.17) is 0 Å². The standard InChI is InChI=1S/C17H28N2/c1-2-3-15-4-6-16(7-5-15)8-13-19-14-17-9-11-18-12-10-17/h4-7,17-19H,2-3,8-14H2,1H3. The van der Waals surface area contributed by atoms with Crippen LogP contribution in [0.1, 0.15) is 37.3 Å². The quantitative estimate of drug-likeness (QED) is 0.737. The summed E-state index contributed by atoms with van der Waals surface area (Å²) in [5, 5.41) is 7.03. The van der Waals surface area contributed by atoms with Crippen LogP contribution in [-0.2, 0) is 12.8 Å². The molecule has 1 saturated heterocycles. The van der Waals surface area contributed by atoms with Gasteiger partial charge < -0.3 is 10.6 Å². The molecule has 0 bridgehead atoms. The van der Waals surface area contributed by atoms with E-state index in [1.54, 1.807) is 0 Å². The first kappa shape index (κ1) is 14.5. The molecule has 2 nitrogen and oxygen atoms in total. The Morgan fingerprint density at radius 3 is 2.32 bits per heavy atom. The summed E-state index contributed by atoms with van der Waals surface area (Å²) < 4.78 is 0. The van der Waals surface area contributed by atoms with Crippen LogP contribution in [0.25, 0.3) is 0 Å². The van der Waals surface area contributed by atoms with Gasteiger partial charge in [-0.1, -0.05) is 37.6 Å². The summed E-state index contributed by atoms with van der Waals surface area (Å²) in [5.41, 5.74) is 2.92. The number of hydrogen-bond donors (Lipinski definition) is 2. The Bertz CT molecular complexity index is 339. The van der Waals surface area contributed by atoms with Crippen LogP contribution in [0.3, 0.4) is 0 Å². The normalized spacial score (nSPS) is 16.7. The number of aryl methyl sites for hydroxylation is 1. The maximum Gasteiger partial charge on any atom is -0.000824 e. The van der Waals surface area contributed by atoms with Crippen molar-refractivity contribution in [2.24, 2.45) is 5.92 Å². The second-order valence-corrected chi connectivity index (χ2v) is 5.71. The summed E-state index contributed by atoms with van der Waals surface area (Å²) in [5.74, 6) is 0.883. The summed E-state index contributed by atoms with van der Waals surface area (Å²) in [6, 6.07) is 9.14. The zero-order valence-corrected chi connectivity index (χ0v) is 12.3. The average Bonchev–Trinajstić information content (AvgIpc) is 2.47. The van der Waals surface area contributed by atoms with Gasteiger partial charge in [-0.25, -0.2) is 0 Å². The summed E-state index contributed by atoms with van der Waals surface area (Å²) in [7, 11) is 0. The largest absolute Gasteiger partial charge is 0.317 e. The molecule has 1 aliphatic heterocycles. The van der Waals surface area contributed by atoms with E-state index in [2.05, 4.69) is 41.8 Å². The molecule has 2 heteroatoms. The second-order valence-electron chi connectivity index (χ2n) is 5.71. The first-order chi connectivity index (χ1) is 9.38. The molecule has 19 heavy (non-hydrogen) atoms. The highest BCUT2D eigenvalue weighted by molar-refractivity contribution is 5.22. The smallest absolute Gasteiger partial charge is 0.000824 e. The Kier molecular flexibility index (Phi) is 6.38. The van der Waals surface area contributed by atoms with Crippen LogP contribution in [-0.4, -0.2) is 26.2 Å². The molecular weight excluding hydrogens is 232 g/mol. The van der Waals surface area contributed by atoms with E-state index in [0.717, 1.165) is 18.9 Å². The monoisotopic (exact) mass is 260 g/mol. The number of rotatable bonds is 7. The Morgan fingerprint density at radius 2 is 1.68 bits per heavy atom. The lowest BCUT2D eigenvalue weighted by atomic mass is 9.98. The van der Waals surface area contributed by atoms with E-state index in [1.807, 2.05) is 0 Å². The molecule has 0 amide bonds. The van der Waals surface area contributed by atoms with E-state index >= 15 is 0 Å². The third-order valence-electron chi connectivity index (χ3n) is 4.04. The van der Waals surface area contributed by atoms with Gasteiger partial charge in [0.2, 0.25) is 0 Å². The number of nitrogens with one attached hydrogen (secondary N) is 2. The van der Waals surface area contributed by atoms with Gasteiger partial charge in [-0.05, 0) is 68.9 Å². The Hall–Kier alpha value is -0.860. The third kappa shape index (κ3) is 5.33. The molecule has 0 unspecified atom stereocenters. The molecule has 0 aliphatic carbocycles. The summed E-state index contributed by atoms with van der Waals surface area (Å²) in [4.78, 5) is 0. The van der Waals surface area contributed by atoms with Crippen LogP contribution in [0, 0.1) is 5.92 Å². The van der Waals surface area contributed by atoms with Crippen LogP contribution >= 0.6 is 0 Å². The van der Waals surface area contributed by atoms with E-state index in [9.17, 15) is 0 Å². The SMILES string of the molecule is CCCc1ccc(CCNCC2CCNCC2)cc1. The first-order valence-corrected chi connectivity index (χ1v) is 7.87. The van der Waals surface area contributed by atoms with Crippen molar-refractivity contribution in [3.8, 4) is 0 Å². The highest BCUT2D eigenvalue weighted by Crippen LogP contribution is 2.10.